The minimum Gasteiger partial charge on any atom is -0.352 e. The zero-order valence-corrected chi connectivity index (χ0v) is 18.2. The van der Waals surface area contributed by atoms with Crippen LogP contribution in [0.25, 0.3) is 11.8 Å². The number of fused-ring (bicyclic) bond motifs is 1. The number of thioether (sulfide) groups is 1. The fourth-order valence-electron chi connectivity index (χ4n) is 3.97. The molecule has 158 valence electrons. The molecule has 1 unspecified atom stereocenters. The Hall–Kier alpha value is -3.13. The van der Waals surface area contributed by atoms with Gasteiger partial charge in [-0.25, -0.2) is 14.6 Å². The van der Waals surface area contributed by atoms with Crippen molar-refractivity contribution in [3.05, 3.63) is 66.3 Å². The molecule has 1 atom stereocenters. The van der Waals surface area contributed by atoms with E-state index in [2.05, 4.69) is 39.0 Å². The maximum absolute atomic E-state index is 13.1. The van der Waals surface area contributed by atoms with Crippen molar-refractivity contribution in [2.45, 2.75) is 23.6 Å². The summed E-state index contributed by atoms with van der Waals surface area (Å²) in [6.07, 6.45) is 10.8. The summed E-state index contributed by atoms with van der Waals surface area (Å²) in [6, 6.07) is 9.49. The van der Waals surface area contributed by atoms with Crippen molar-refractivity contribution in [3.63, 3.8) is 0 Å². The topological polar surface area (TPSA) is 67.2 Å². The molecular weight excluding hydrogens is 408 g/mol. The van der Waals surface area contributed by atoms with Crippen LogP contribution < -0.4 is 4.90 Å². The van der Waals surface area contributed by atoms with E-state index >= 15 is 0 Å². The monoisotopic (exact) mass is 432 g/mol. The van der Waals surface area contributed by atoms with Crippen LogP contribution in [0.5, 0.6) is 0 Å². The van der Waals surface area contributed by atoms with E-state index in [0.29, 0.717) is 23.9 Å². The Morgan fingerprint density at radius 2 is 2.03 bits per heavy atom. The van der Waals surface area contributed by atoms with E-state index in [0.717, 1.165) is 41.6 Å². The third kappa shape index (κ3) is 3.95. The molecule has 0 N–H and O–H groups in total. The van der Waals surface area contributed by atoms with Gasteiger partial charge in [0, 0.05) is 54.9 Å². The van der Waals surface area contributed by atoms with Gasteiger partial charge in [-0.15, -0.1) is 0 Å². The van der Waals surface area contributed by atoms with Crippen LogP contribution in [0.4, 0.5) is 5.82 Å². The number of carbonyl (C=O) groups excluding carboxylic acids is 1. The van der Waals surface area contributed by atoms with Gasteiger partial charge >= 0.3 is 0 Å². The van der Waals surface area contributed by atoms with Crippen molar-refractivity contribution in [1.29, 1.82) is 0 Å². The number of nitrogens with zero attached hydrogens (tertiary/aromatic N) is 6. The molecule has 2 aliphatic rings. The number of anilines is 1. The fourth-order valence-corrected chi connectivity index (χ4v) is 4.98. The van der Waals surface area contributed by atoms with Gasteiger partial charge in [-0.05, 0) is 30.7 Å². The van der Waals surface area contributed by atoms with Crippen LogP contribution in [0.3, 0.4) is 0 Å². The molecule has 31 heavy (non-hydrogen) atoms. The minimum atomic E-state index is 0.0552. The molecule has 0 radical (unpaired) electrons. The second-order valence-electron chi connectivity index (χ2n) is 7.62. The second kappa shape index (κ2) is 8.55. The molecule has 1 amide bonds. The number of piperazine rings is 1. The third-order valence-electron chi connectivity index (χ3n) is 5.70. The smallest absolute Gasteiger partial charge is 0.254 e. The van der Waals surface area contributed by atoms with Crippen LogP contribution >= 0.6 is 11.8 Å². The zero-order valence-electron chi connectivity index (χ0n) is 17.4. The summed E-state index contributed by atoms with van der Waals surface area (Å²) in [5, 5.41) is 5.78. The van der Waals surface area contributed by atoms with Crippen molar-refractivity contribution in [2.75, 3.05) is 31.1 Å². The van der Waals surface area contributed by atoms with Crippen molar-refractivity contribution < 1.29 is 4.79 Å². The van der Waals surface area contributed by atoms with Gasteiger partial charge < -0.3 is 9.80 Å². The number of carbonyl (C=O) groups is 1. The van der Waals surface area contributed by atoms with Crippen molar-refractivity contribution >= 4 is 29.6 Å². The highest BCUT2D eigenvalue weighted by atomic mass is 32.2. The average Bonchev–Trinajstić information content (AvgIpc) is 3.38. The van der Waals surface area contributed by atoms with E-state index < -0.39 is 0 Å². The van der Waals surface area contributed by atoms with Crippen LogP contribution in [0.2, 0.25) is 0 Å². The summed E-state index contributed by atoms with van der Waals surface area (Å²) in [4.78, 5) is 26.3. The van der Waals surface area contributed by atoms with Crippen molar-refractivity contribution in [3.8, 4) is 5.69 Å². The molecule has 0 aliphatic carbocycles. The lowest BCUT2D eigenvalue weighted by Crippen LogP contribution is -2.49. The summed E-state index contributed by atoms with van der Waals surface area (Å²) in [5.74, 6) is 1.02. The quantitative estimate of drug-likeness (QED) is 0.588. The summed E-state index contributed by atoms with van der Waals surface area (Å²) >= 11 is 1.80. The van der Waals surface area contributed by atoms with E-state index in [9.17, 15) is 4.79 Å². The lowest BCUT2D eigenvalue weighted by Gasteiger charge is -2.36. The molecular formula is C23H24N6OS. The van der Waals surface area contributed by atoms with E-state index in [1.807, 2.05) is 41.4 Å². The lowest BCUT2D eigenvalue weighted by atomic mass is 10.1. The molecule has 0 spiro atoms. The molecule has 1 fully saturated rings. The highest BCUT2D eigenvalue weighted by Gasteiger charge is 2.26. The van der Waals surface area contributed by atoms with Gasteiger partial charge in [0.2, 0.25) is 0 Å². The van der Waals surface area contributed by atoms with Gasteiger partial charge in [0.05, 0.1) is 5.69 Å². The SMILES string of the molecule is CCC1C=Cc2c(ncnc2N2CCN(C(=O)c3cccc(-n4cccn4)c3)CC2)S1. The molecule has 2 aliphatic heterocycles. The number of aromatic nitrogens is 4. The number of hydrogen-bond acceptors (Lipinski definition) is 6. The highest BCUT2D eigenvalue weighted by Crippen LogP contribution is 2.37. The van der Waals surface area contributed by atoms with E-state index in [-0.39, 0.29) is 5.91 Å². The molecule has 3 aromatic rings. The molecule has 5 rings (SSSR count). The van der Waals surface area contributed by atoms with Crippen LogP contribution in [0.15, 0.2) is 60.2 Å². The number of benzene rings is 1. The normalized spacial score (nSPS) is 18.2. The first-order valence-electron chi connectivity index (χ1n) is 10.6. The van der Waals surface area contributed by atoms with Gasteiger partial charge in [-0.3, -0.25) is 4.79 Å². The van der Waals surface area contributed by atoms with Crippen LogP contribution in [0.1, 0.15) is 29.3 Å². The van der Waals surface area contributed by atoms with Crippen molar-refractivity contribution in [2.24, 2.45) is 0 Å². The number of hydrogen-bond donors (Lipinski definition) is 0. The summed E-state index contributed by atoms with van der Waals surface area (Å²) in [6.45, 7) is 5.03. The Morgan fingerprint density at radius 3 is 2.81 bits per heavy atom. The Bertz CT molecular complexity index is 1110. The van der Waals surface area contributed by atoms with Crippen molar-refractivity contribution in [1.82, 2.24) is 24.6 Å². The number of amides is 1. The molecule has 2 aromatic heterocycles. The Labute approximate surface area is 185 Å². The van der Waals surface area contributed by atoms with Crippen LogP contribution in [0, 0.1) is 0 Å². The molecule has 4 heterocycles. The Morgan fingerprint density at radius 1 is 1.16 bits per heavy atom. The molecule has 7 nitrogen and oxygen atoms in total. The van der Waals surface area contributed by atoms with Gasteiger partial charge in [-0.1, -0.05) is 36.9 Å². The third-order valence-corrected chi connectivity index (χ3v) is 7.04. The van der Waals surface area contributed by atoms with Gasteiger partial charge in [0.15, 0.2) is 0 Å². The Kier molecular flexibility index (Phi) is 5.46. The lowest BCUT2D eigenvalue weighted by molar-refractivity contribution is 0.0746. The first-order chi connectivity index (χ1) is 15.2. The zero-order chi connectivity index (χ0) is 21.2. The molecule has 1 saturated heterocycles. The van der Waals surface area contributed by atoms with Gasteiger partial charge in [-0.2, -0.15) is 5.10 Å². The summed E-state index contributed by atoms with van der Waals surface area (Å²) in [7, 11) is 0. The predicted octanol–water partition coefficient (Wildman–Crippen LogP) is 3.52. The first kappa shape index (κ1) is 19.8. The maximum Gasteiger partial charge on any atom is 0.254 e. The average molecular weight is 433 g/mol. The second-order valence-corrected chi connectivity index (χ2v) is 8.85. The molecule has 0 bridgehead atoms. The minimum absolute atomic E-state index is 0.0552. The summed E-state index contributed by atoms with van der Waals surface area (Å²) in [5.41, 5.74) is 2.67. The number of rotatable bonds is 4. The van der Waals surface area contributed by atoms with Crippen LogP contribution in [-0.4, -0.2) is 62.0 Å². The molecule has 1 aromatic carbocycles. The highest BCUT2D eigenvalue weighted by molar-refractivity contribution is 8.00. The van der Waals surface area contributed by atoms with Gasteiger partial charge in [0.1, 0.15) is 17.2 Å². The van der Waals surface area contributed by atoms with E-state index in [1.165, 1.54) is 0 Å². The molecule has 0 saturated carbocycles. The summed E-state index contributed by atoms with van der Waals surface area (Å²) < 4.78 is 1.77. The standard InChI is InChI=1S/C23H24N6OS/c1-2-19-7-8-20-21(24-16-25-22(20)31-19)27-11-13-28(14-12-27)23(30)17-5-3-6-18(15-17)29-10-4-9-26-29/h3-10,15-16,19H,2,11-14H2,1H3. The van der Waals surface area contributed by atoms with E-state index in [1.54, 1.807) is 29.0 Å². The fraction of sp³-hybridized carbons (Fsp3) is 0.304. The van der Waals surface area contributed by atoms with Gasteiger partial charge in [0.25, 0.3) is 5.91 Å². The first-order valence-corrected chi connectivity index (χ1v) is 11.4. The van der Waals surface area contributed by atoms with Crippen LogP contribution in [-0.2, 0) is 0 Å². The predicted molar refractivity (Wildman–Crippen MR) is 123 cm³/mol. The van der Waals surface area contributed by atoms with E-state index in [4.69, 9.17) is 0 Å². The maximum atomic E-state index is 13.1. The Balaban J connectivity index is 1.29. The largest absolute Gasteiger partial charge is 0.352 e. The molecule has 8 heteroatoms.